The van der Waals surface area contributed by atoms with Crippen LogP contribution >= 0.6 is 0 Å². The Morgan fingerprint density at radius 3 is 2.27 bits per heavy atom. The van der Waals surface area contributed by atoms with E-state index in [0.29, 0.717) is 19.5 Å². The SMILES string of the molecule is CCNC(=O)[C@H](Cc1ccccc1)N(Cc1cccc(OC)c1)C(=O)Cc1ccc(C)cc1. The van der Waals surface area contributed by atoms with Crippen LogP contribution in [0.1, 0.15) is 29.2 Å². The van der Waals surface area contributed by atoms with Crippen molar-refractivity contribution in [2.45, 2.75) is 39.3 Å². The summed E-state index contributed by atoms with van der Waals surface area (Å²) in [6, 6.07) is 24.7. The topological polar surface area (TPSA) is 58.6 Å². The van der Waals surface area contributed by atoms with Crippen LogP contribution in [0.3, 0.4) is 0 Å². The Balaban J connectivity index is 1.95. The normalized spacial score (nSPS) is 11.5. The second-order valence-corrected chi connectivity index (χ2v) is 8.14. The fraction of sp³-hybridized carbons (Fsp3) is 0.286. The molecule has 0 spiro atoms. The summed E-state index contributed by atoms with van der Waals surface area (Å²) in [5, 5.41) is 2.92. The molecule has 0 fully saturated rings. The summed E-state index contributed by atoms with van der Waals surface area (Å²) < 4.78 is 5.36. The minimum Gasteiger partial charge on any atom is -0.497 e. The van der Waals surface area contributed by atoms with Crippen molar-refractivity contribution in [2.24, 2.45) is 0 Å². The van der Waals surface area contributed by atoms with Gasteiger partial charge in [0.05, 0.1) is 13.5 Å². The number of likely N-dealkylation sites (N-methyl/N-ethyl adjacent to an activating group) is 1. The maximum Gasteiger partial charge on any atom is 0.243 e. The van der Waals surface area contributed by atoms with E-state index in [0.717, 1.165) is 28.0 Å². The van der Waals surface area contributed by atoms with Gasteiger partial charge in [0.2, 0.25) is 11.8 Å². The number of hydrogen-bond donors (Lipinski definition) is 1. The van der Waals surface area contributed by atoms with Gasteiger partial charge in [-0.15, -0.1) is 0 Å². The molecule has 33 heavy (non-hydrogen) atoms. The van der Waals surface area contributed by atoms with Crippen molar-refractivity contribution in [1.82, 2.24) is 10.2 Å². The zero-order valence-corrected chi connectivity index (χ0v) is 19.6. The van der Waals surface area contributed by atoms with Crippen molar-refractivity contribution in [3.05, 3.63) is 101 Å². The molecule has 5 nitrogen and oxygen atoms in total. The van der Waals surface area contributed by atoms with Crippen molar-refractivity contribution in [3.8, 4) is 5.75 Å². The number of amides is 2. The first kappa shape index (κ1) is 24.1. The first-order valence-electron chi connectivity index (χ1n) is 11.3. The third-order valence-electron chi connectivity index (χ3n) is 5.59. The predicted molar refractivity (Wildman–Crippen MR) is 131 cm³/mol. The summed E-state index contributed by atoms with van der Waals surface area (Å²) in [7, 11) is 1.62. The Kier molecular flexibility index (Phi) is 8.64. The maximum absolute atomic E-state index is 13.6. The lowest BCUT2D eigenvalue weighted by Gasteiger charge is -2.31. The van der Waals surface area contributed by atoms with Crippen molar-refractivity contribution in [2.75, 3.05) is 13.7 Å². The lowest BCUT2D eigenvalue weighted by Crippen LogP contribution is -2.50. The summed E-state index contributed by atoms with van der Waals surface area (Å²) in [5.41, 5.74) is 3.99. The molecule has 0 aliphatic carbocycles. The maximum atomic E-state index is 13.6. The molecule has 0 aromatic heterocycles. The number of nitrogens with zero attached hydrogens (tertiary/aromatic N) is 1. The molecule has 0 unspecified atom stereocenters. The van der Waals surface area contributed by atoms with E-state index in [1.807, 2.05) is 92.7 Å². The summed E-state index contributed by atoms with van der Waals surface area (Å²) in [5.74, 6) is 0.478. The van der Waals surface area contributed by atoms with Crippen molar-refractivity contribution in [3.63, 3.8) is 0 Å². The zero-order valence-electron chi connectivity index (χ0n) is 19.6. The molecule has 0 saturated carbocycles. The highest BCUT2D eigenvalue weighted by molar-refractivity contribution is 5.88. The molecule has 0 aliphatic rings. The predicted octanol–water partition coefficient (Wildman–Crippen LogP) is 4.32. The van der Waals surface area contributed by atoms with Crippen LogP contribution < -0.4 is 10.1 Å². The lowest BCUT2D eigenvalue weighted by molar-refractivity contribution is -0.140. The Bertz CT molecular complexity index is 1050. The quantitative estimate of drug-likeness (QED) is 0.507. The van der Waals surface area contributed by atoms with Crippen molar-refractivity contribution in [1.29, 1.82) is 0 Å². The van der Waals surface area contributed by atoms with Gasteiger partial charge in [-0.25, -0.2) is 0 Å². The molecule has 2 amide bonds. The van der Waals surface area contributed by atoms with Crippen LogP contribution in [0.15, 0.2) is 78.9 Å². The fourth-order valence-corrected chi connectivity index (χ4v) is 3.80. The van der Waals surface area contributed by atoms with Crippen molar-refractivity contribution >= 4 is 11.8 Å². The zero-order chi connectivity index (χ0) is 23.6. The Labute approximate surface area is 196 Å². The van der Waals surface area contributed by atoms with E-state index in [4.69, 9.17) is 4.74 Å². The van der Waals surface area contributed by atoms with Crippen LogP contribution in [0.25, 0.3) is 0 Å². The van der Waals surface area contributed by atoms with Gasteiger partial charge >= 0.3 is 0 Å². The van der Waals surface area contributed by atoms with Crippen LogP contribution in [-0.4, -0.2) is 36.4 Å². The number of nitrogens with one attached hydrogen (secondary N) is 1. The van der Waals surface area contributed by atoms with E-state index in [9.17, 15) is 9.59 Å². The number of hydrogen-bond acceptors (Lipinski definition) is 3. The third-order valence-corrected chi connectivity index (χ3v) is 5.59. The van der Waals surface area contributed by atoms with Crippen LogP contribution in [0, 0.1) is 6.92 Å². The molecule has 1 N–H and O–H groups in total. The van der Waals surface area contributed by atoms with Crippen molar-refractivity contribution < 1.29 is 14.3 Å². The highest BCUT2D eigenvalue weighted by Crippen LogP contribution is 2.19. The van der Waals surface area contributed by atoms with Crippen LogP contribution in [0.5, 0.6) is 5.75 Å². The molecule has 0 aliphatic heterocycles. The highest BCUT2D eigenvalue weighted by Gasteiger charge is 2.30. The Hall–Kier alpha value is -3.60. The summed E-state index contributed by atoms with van der Waals surface area (Å²) >= 11 is 0. The number of rotatable bonds is 10. The van der Waals surface area contributed by atoms with E-state index in [-0.39, 0.29) is 18.2 Å². The molecule has 5 heteroatoms. The number of ether oxygens (including phenoxy) is 1. The molecule has 0 heterocycles. The minimum atomic E-state index is -0.628. The van der Waals surface area contributed by atoms with Gasteiger partial charge in [-0.1, -0.05) is 72.3 Å². The summed E-state index contributed by atoms with van der Waals surface area (Å²) in [4.78, 5) is 28.5. The highest BCUT2D eigenvalue weighted by atomic mass is 16.5. The first-order valence-corrected chi connectivity index (χ1v) is 11.3. The first-order chi connectivity index (χ1) is 16.0. The van der Waals surface area contributed by atoms with Gasteiger partial charge in [0.1, 0.15) is 11.8 Å². The number of carbonyl (C=O) groups is 2. The van der Waals surface area contributed by atoms with Crippen LogP contribution in [-0.2, 0) is 29.0 Å². The smallest absolute Gasteiger partial charge is 0.243 e. The largest absolute Gasteiger partial charge is 0.497 e. The average Bonchev–Trinajstić information content (AvgIpc) is 2.83. The molecule has 3 aromatic carbocycles. The van der Waals surface area contributed by atoms with Gasteiger partial charge in [-0.2, -0.15) is 0 Å². The van der Waals surface area contributed by atoms with Gasteiger partial charge in [-0.05, 0) is 42.7 Å². The summed E-state index contributed by atoms with van der Waals surface area (Å²) in [6.07, 6.45) is 0.672. The molecular weight excluding hydrogens is 412 g/mol. The standard InChI is InChI=1S/C28H32N2O3/c1-4-29-28(32)26(18-22-9-6-5-7-10-22)30(20-24-11-8-12-25(17-24)33-3)27(31)19-23-15-13-21(2)14-16-23/h5-17,26H,4,18-20H2,1-3H3,(H,29,32)/t26-/m0/s1. The molecule has 172 valence electrons. The molecule has 1 atom stereocenters. The Morgan fingerprint density at radius 2 is 1.61 bits per heavy atom. The molecule has 3 aromatic rings. The van der Waals surface area contributed by atoms with E-state index in [1.165, 1.54) is 0 Å². The number of benzene rings is 3. The molecule has 0 radical (unpaired) electrons. The number of methoxy groups -OCH3 is 1. The van der Waals surface area contributed by atoms with Crippen LogP contribution in [0.2, 0.25) is 0 Å². The van der Waals surface area contributed by atoms with E-state index in [2.05, 4.69) is 5.32 Å². The second-order valence-electron chi connectivity index (χ2n) is 8.14. The monoisotopic (exact) mass is 444 g/mol. The number of carbonyl (C=O) groups excluding carboxylic acids is 2. The third kappa shape index (κ3) is 6.94. The van der Waals surface area contributed by atoms with Gasteiger partial charge in [0.15, 0.2) is 0 Å². The second kappa shape index (κ2) is 11.9. The van der Waals surface area contributed by atoms with E-state index < -0.39 is 6.04 Å². The van der Waals surface area contributed by atoms with E-state index >= 15 is 0 Å². The lowest BCUT2D eigenvalue weighted by atomic mass is 10.0. The number of aryl methyl sites for hydroxylation is 1. The van der Waals surface area contributed by atoms with Gasteiger partial charge < -0.3 is 15.0 Å². The molecule has 0 bridgehead atoms. The van der Waals surface area contributed by atoms with E-state index in [1.54, 1.807) is 12.0 Å². The van der Waals surface area contributed by atoms with Gasteiger partial charge in [0, 0.05) is 19.5 Å². The van der Waals surface area contributed by atoms with Gasteiger partial charge in [-0.3, -0.25) is 9.59 Å². The molecular formula is C28H32N2O3. The summed E-state index contributed by atoms with van der Waals surface area (Å²) in [6.45, 7) is 4.73. The van der Waals surface area contributed by atoms with Gasteiger partial charge in [0.25, 0.3) is 0 Å². The molecule has 3 rings (SSSR count). The molecule has 0 saturated heterocycles. The average molecular weight is 445 g/mol. The minimum absolute atomic E-state index is 0.0890. The van der Waals surface area contributed by atoms with Crippen LogP contribution in [0.4, 0.5) is 0 Å². The Morgan fingerprint density at radius 1 is 0.909 bits per heavy atom. The fourth-order valence-electron chi connectivity index (χ4n) is 3.80.